The molecule has 27 heavy (non-hydrogen) atoms. The largest absolute Gasteiger partial charge is 0.331 e. The van der Waals surface area contributed by atoms with Gasteiger partial charge in [-0.05, 0) is 49.2 Å². The van der Waals surface area contributed by atoms with Gasteiger partial charge >= 0.3 is 0 Å². The topological polar surface area (TPSA) is 38.1 Å². The van der Waals surface area contributed by atoms with E-state index in [2.05, 4.69) is 4.98 Å². The molecule has 3 aromatic rings. The fraction of sp³-hybridized carbons (Fsp3) is 0.333. The van der Waals surface area contributed by atoms with Crippen molar-refractivity contribution in [1.29, 1.82) is 0 Å². The lowest BCUT2D eigenvalue weighted by atomic mass is 10.2. The summed E-state index contributed by atoms with van der Waals surface area (Å²) in [4.78, 5) is 19.2. The molecule has 0 unspecified atom stereocenters. The van der Waals surface area contributed by atoms with Gasteiger partial charge in [-0.15, -0.1) is 0 Å². The van der Waals surface area contributed by atoms with Gasteiger partial charge in [0.05, 0.1) is 17.6 Å². The Hall–Kier alpha value is -2.76. The number of hydrogen-bond donors (Lipinski definition) is 0. The van der Waals surface area contributed by atoms with E-state index in [9.17, 15) is 13.6 Å². The molecule has 4 nitrogen and oxygen atoms in total. The Labute approximate surface area is 157 Å². The molecule has 0 saturated carbocycles. The number of carbonyl (C=O) groups excluding carboxylic acids is 1. The molecular weight excluding hydrogens is 348 g/mol. The summed E-state index contributed by atoms with van der Waals surface area (Å²) in [5.74, 6) is -0.285. The van der Waals surface area contributed by atoms with Crippen LogP contribution in [0.4, 0.5) is 8.78 Å². The molecule has 6 heteroatoms. The van der Waals surface area contributed by atoms with Crippen molar-refractivity contribution < 1.29 is 13.6 Å². The van der Waals surface area contributed by atoms with Crippen LogP contribution in [0.2, 0.25) is 0 Å². The molecule has 0 bridgehead atoms. The van der Waals surface area contributed by atoms with Crippen LogP contribution in [-0.4, -0.2) is 26.9 Å². The fourth-order valence-corrected chi connectivity index (χ4v) is 3.24. The van der Waals surface area contributed by atoms with Crippen LogP contribution in [0.3, 0.4) is 0 Å². The van der Waals surface area contributed by atoms with Gasteiger partial charge in [-0.25, -0.2) is 13.8 Å². The van der Waals surface area contributed by atoms with Crippen molar-refractivity contribution in [1.82, 2.24) is 14.5 Å². The van der Waals surface area contributed by atoms with Gasteiger partial charge in [-0.2, -0.15) is 0 Å². The molecule has 0 spiro atoms. The van der Waals surface area contributed by atoms with Crippen LogP contribution >= 0.6 is 0 Å². The molecule has 2 aromatic carbocycles. The highest BCUT2D eigenvalue weighted by Crippen LogP contribution is 2.20. The fourth-order valence-electron chi connectivity index (χ4n) is 3.24. The first-order valence-corrected chi connectivity index (χ1v) is 9.23. The summed E-state index contributed by atoms with van der Waals surface area (Å²) in [6.45, 7) is 5.52. The van der Waals surface area contributed by atoms with Gasteiger partial charge in [-0.3, -0.25) is 4.79 Å². The van der Waals surface area contributed by atoms with Gasteiger partial charge in [0.25, 0.3) is 5.91 Å². The summed E-state index contributed by atoms with van der Waals surface area (Å²) in [6.07, 6.45) is 1.63. The molecule has 0 aliphatic heterocycles. The lowest BCUT2D eigenvalue weighted by molar-refractivity contribution is 0.0736. The van der Waals surface area contributed by atoms with Crippen LogP contribution < -0.4 is 0 Å². The first-order chi connectivity index (χ1) is 13.0. The molecule has 1 amide bonds. The summed E-state index contributed by atoms with van der Waals surface area (Å²) in [6, 6.07) is 10.2. The van der Waals surface area contributed by atoms with E-state index >= 15 is 0 Å². The SMILES string of the molecule is CCCN(Cc1nc2ccc(F)cc2n1CCC)C(=O)c1cccc(F)c1. The maximum atomic E-state index is 13.7. The number of halogens is 2. The third-order valence-electron chi connectivity index (χ3n) is 4.42. The zero-order valence-electron chi connectivity index (χ0n) is 15.6. The minimum Gasteiger partial charge on any atom is -0.331 e. The van der Waals surface area contributed by atoms with Gasteiger partial charge in [-0.1, -0.05) is 19.9 Å². The van der Waals surface area contributed by atoms with E-state index in [-0.39, 0.29) is 11.7 Å². The van der Waals surface area contributed by atoms with Crippen LogP contribution in [0.1, 0.15) is 42.9 Å². The van der Waals surface area contributed by atoms with E-state index in [0.29, 0.717) is 36.5 Å². The normalized spacial score (nSPS) is 11.1. The molecule has 0 N–H and O–H groups in total. The second kappa shape index (κ2) is 8.29. The third kappa shape index (κ3) is 4.15. The number of rotatable bonds is 7. The highest BCUT2D eigenvalue weighted by atomic mass is 19.1. The Balaban J connectivity index is 1.96. The molecule has 0 aliphatic carbocycles. The predicted octanol–water partition coefficient (Wildman–Crippen LogP) is 4.78. The number of aryl methyl sites for hydroxylation is 1. The van der Waals surface area contributed by atoms with E-state index in [0.717, 1.165) is 18.4 Å². The molecular formula is C21H23F2N3O. The van der Waals surface area contributed by atoms with Crippen LogP contribution in [-0.2, 0) is 13.1 Å². The summed E-state index contributed by atoms with van der Waals surface area (Å²) >= 11 is 0. The smallest absolute Gasteiger partial charge is 0.254 e. The van der Waals surface area contributed by atoms with Gasteiger partial charge in [0.1, 0.15) is 17.5 Å². The van der Waals surface area contributed by atoms with E-state index in [1.807, 2.05) is 18.4 Å². The molecule has 0 radical (unpaired) electrons. The van der Waals surface area contributed by atoms with Crippen LogP contribution in [0.25, 0.3) is 11.0 Å². The molecule has 0 aliphatic rings. The minimum atomic E-state index is -0.439. The number of benzene rings is 2. The van der Waals surface area contributed by atoms with Crippen molar-refractivity contribution >= 4 is 16.9 Å². The maximum absolute atomic E-state index is 13.7. The number of aromatic nitrogens is 2. The Morgan fingerprint density at radius 1 is 1.07 bits per heavy atom. The first-order valence-electron chi connectivity index (χ1n) is 9.23. The van der Waals surface area contributed by atoms with Gasteiger partial charge < -0.3 is 9.47 Å². The minimum absolute atomic E-state index is 0.238. The summed E-state index contributed by atoms with van der Waals surface area (Å²) in [5.41, 5.74) is 1.74. The summed E-state index contributed by atoms with van der Waals surface area (Å²) in [7, 11) is 0. The Morgan fingerprint density at radius 3 is 2.56 bits per heavy atom. The highest BCUT2D eigenvalue weighted by molar-refractivity contribution is 5.94. The Morgan fingerprint density at radius 2 is 1.85 bits per heavy atom. The van der Waals surface area contributed by atoms with Crippen molar-refractivity contribution in [2.24, 2.45) is 0 Å². The zero-order valence-corrected chi connectivity index (χ0v) is 15.6. The number of carbonyl (C=O) groups is 1. The zero-order chi connectivity index (χ0) is 19.4. The number of amides is 1. The quantitative estimate of drug-likeness (QED) is 0.600. The van der Waals surface area contributed by atoms with Crippen molar-refractivity contribution in [2.45, 2.75) is 39.8 Å². The number of imidazole rings is 1. The molecule has 3 rings (SSSR count). The van der Waals surface area contributed by atoms with Crippen LogP contribution in [0.5, 0.6) is 0 Å². The van der Waals surface area contributed by atoms with Gasteiger partial charge in [0.2, 0.25) is 0 Å². The summed E-state index contributed by atoms with van der Waals surface area (Å²) < 4.78 is 29.2. The molecule has 142 valence electrons. The van der Waals surface area contributed by atoms with Gasteiger partial charge in [0.15, 0.2) is 0 Å². The maximum Gasteiger partial charge on any atom is 0.254 e. The lowest BCUT2D eigenvalue weighted by Gasteiger charge is -2.22. The van der Waals surface area contributed by atoms with Crippen LogP contribution in [0, 0.1) is 11.6 Å². The van der Waals surface area contributed by atoms with Crippen molar-refractivity contribution in [3.05, 3.63) is 65.5 Å². The number of hydrogen-bond acceptors (Lipinski definition) is 2. The highest BCUT2D eigenvalue weighted by Gasteiger charge is 2.20. The molecule has 1 aromatic heterocycles. The Bertz CT molecular complexity index is 952. The second-order valence-corrected chi connectivity index (χ2v) is 6.55. The standard InChI is InChI=1S/C21H23F2N3O/c1-3-10-25(21(27)15-6-5-7-16(22)12-15)14-20-24-18-9-8-17(23)13-19(18)26(20)11-4-2/h5-9,12-13H,3-4,10-11,14H2,1-2H3. The van der Waals surface area contributed by atoms with Crippen molar-refractivity contribution in [3.8, 4) is 0 Å². The van der Waals surface area contributed by atoms with E-state index in [1.54, 1.807) is 17.0 Å². The monoisotopic (exact) mass is 371 g/mol. The van der Waals surface area contributed by atoms with Crippen molar-refractivity contribution in [3.63, 3.8) is 0 Å². The lowest BCUT2D eigenvalue weighted by Crippen LogP contribution is -2.32. The molecule has 1 heterocycles. The van der Waals surface area contributed by atoms with Crippen LogP contribution in [0.15, 0.2) is 42.5 Å². The van der Waals surface area contributed by atoms with E-state index in [4.69, 9.17) is 0 Å². The van der Waals surface area contributed by atoms with E-state index in [1.165, 1.54) is 30.3 Å². The van der Waals surface area contributed by atoms with Gasteiger partial charge in [0, 0.05) is 18.7 Å². The average molecular weight is 371 g/mol. The number of fused-ring (bicyclic) bond motifs is 1. The Kier molecular flexibility index (Phi) is 5.84. The molecule has 0 saturated heterocycles. The third-order valence-corrected chi connectivity index (χ3v) is 4.42. The molecule has 0 fully saturated rings. The van der Waals surface area contributed by atoms with Crippen molar-refractivity contribution in [2.75, 3.05) is 6.54 Å². The number of nitrogens with zero attached hydrogens (tertiary/aromatic N) is 3. The average Bonchev–Trinajstić information content (AvgIpc) is 2.98. The summed E-state index contributed by atoms with van der Waals surface area (Å²) in [5, 5.41) is 0. The first kappa shape index (κ1) is 19.0. The van der Waals surface area contributed by atoms with E-state index < -0.39 is 5.82 Å². The molecule has 0 atom stereocenters. The predicted molar refractivity (Wildman–Crippen MR) is 101 cm³/mol. The second-order valence-electron chi connectivity index (χ2n) is 6.55.